The number of likely N-dealkylation sites (tertiary alicyclic amines) is 1. The summed E-state index contributed by atoms with van der Waals surface area (Å²) in [6.07, 6.45) is 4.04. The van der Waals surface area contributed by atoms with Gasteiger partial charge in [0, 0.05) is 43.7 Å². The molecular weight excluding hydrogens is 454 g/mol. The quantitative estimate of drug-likeness (QED) is 0.449. The summed E-state index contributed by atoms with van der Waals surface area (Å²) in [5.41, 5.74) is 0.909. The summed E-state index contributed by atoms with van der Waals surface area (Å²) in [7, 11) is 0. The molecule has 1 fully saturated rings. The summed E-state index contributed by atoms with van der Waals surface area (Å²) >= 11 is 0. The summed E-state index contributed by atoms with van der Waals surface area (Å²) in [5, 5.41) is 0.259. The highest BCUT2D eigenvalue weighted by Crippen LogP contribution is 2.31. The molecule has 1 aromatic carbocycles. The van der Waals surface area contributed by atoms with E-state index in [4.69, 9.17) is 4.74 Å². The van der Waals surface area contributed by atoms with Gasteiger partial charge >= 0.3 is 6.09 Å². The van der Waals surface area contributed by atoms with E-state index in [2.05, 4.69) is 9.97 Å². The number of hydrogen-bond donors (Lipinski definition) is 0. The number of carbonyl (C=O) groups is 2. The number of halogens is 2. The highest BCUT2D eigenvalue weighted by Gasteiger charge is 2.29. The summed E-state index contributed by atoms with van der Waals surface area (Å²) in [4.78, 5) is 34.4. The molecule has 0 aliphatic carbocycles. The minimum Gasteiger partial charge on any atom is -0.444 e. The third-order valence-corrected chi connectivity index (χ3v) is 6.21. The van der Waals surface area contributed by atoms with Crippen molar-refractivity contribution in [2.75, 3.05) is 13.1 Å². The first kappa shape index (κ1) is 24.8. The van der Waals surface area contributed by atoms with Gasteiger partial charge in [-0.05, 0) is 45.2 Å². The molecule has 1 aliphatic heterocycles. The maximum absolute atomic E-state index is 15.1. The van der Waals surface area contributed by atoms with Crippen molar-refractivity contribution in [3.05, 3.63) is 59.2 Å². The fourth-order valence-corrected chi connectivity index (χ4v) is 4.41. The molecule has 186 valence electrons. The van der Waals surface area contributed by atoms with Crippen LogP contribution in [0.1, 0.15) is 74.6 Å². The maximum Gasteiger partial charge on any atom is 0.410 e. The normalized spacial score (nSPS) is 15.0. The number of hydrogen-bond acceptors (Lipinski definition) is 5. The van der Waals surface area contributed by atoms with E-state index in [-0.39, 0.29) is 29.7 Å². The lowest BCUT2D eigenvalue weighted by Gasteiger charge is -2.34. The maximum atomic E-state index is 15.1. The molecule has 1 amide bonds. The summed E-state index contributed by atoms with van der Waals surface area (Å²) in [6, 6.07) is 4.31. The number of rotatable bonds is 5. The molecular formula is C26H30F2N4O3. The molecule has 0 radical (unpaired) electrons. The van der Waals surface area contributed by atoms with Gasteiger partial charge in [0.15, 0.2) is 11.6 Å². The lowest BCUT2D eigenvalue weighted by atomic mass is 10.0. The predicted molar refractivity (Wildman–Crippen MR) is 127 cm³/mol. The van der Waals surface area contributed by atoms with Gasteiger partial charge in [-0.1, -0.05) is 19.1 Å². The van der Waals surface area contributed by atoms with E-state index >= 15 is 4.39 Å². The van der Waals surface area contributed by atoms with Crippen molar-refractivity contribution in [1.29, 1.82) is 0 Å². The topological polar surface area (TPSA) is 77.3 Å². The van der Waals surface area contributed by atoms with Crippen molar-refractivity contribution in [1.82, 2.24) is 19.4 Å². The van der Waals surface area contributed by atoms with Gasteiger partial charge in [-0.15, -0.1) is 0 Å². The van der Waals surface area contributed by atoms with Gasteiger partial charge in [0.05, 0.1) is 11.1 Å². The van der Waals surface area contributed by atoms with Crippen LogP contribution in [0.4, 0.5) is 13.6 Å². The Morgan fingerprint density at radius 1 is 1.11 bits per heavy atom. The largest absolute Gasteiger partial charge is 0.444 e. The molecule has 2 aromatic heterocycles. The van der Waals surface area contributed by atoms with Crippen LogP contribution >= 0.6 is 0 Å². The van der Waals surface area contributed by atoms with Crippen LogP contribution in [-0.2, 0) is 11.2 Å². The number of amides is 1. The van der Waals surface area contributed by atoms with Crippen molar-refractivity contribution in [2.45, 2.75) is 65.0 Å². The third kappa shape index (κ3) is 5.33. The number of aromatic nitrogens is 3. The Morgan fingerprint density at radius 3 is 2.46 bits per heavy atom. The van der Waals surface area contributed by atoms with Crippen molar-refractivity contribution < 1.29 is 23.1 Å². The molecule has 0 saturated carbocycles. The Balaban J connectivity index is 1.55. The minimum atomic E-state index is -0.563. The molecule has 4 rings (SSSR count). The second-order valence-electron chi connectivity index (χ2n) is 9.86. The number of ketones is 1. The molecule has 3 aromatic rings. The standard InChI is InChI=1S/C26H30F2N4O3/c1-5-22(33)17-7-6-16(19(27)12-17)13-21-23-20(28)14-32(24(23)30-15-29-21)18-8-10-31(11-9-18)25(34)35-26(2,3)4/h6-7,12,14-15,18H,5,8-11,13H2,1-4H3. The lowest BCUT2D eigenvalue weighted by molar-refractivity contribution is 0.0189. The number of piperidine rings is 1. The van der Waals surface area contributed by atoms with Crippen LogP contribution in [-0.4, -0.2) is 50.0 Å². The highest BCUT2D eigenvalue weighted by molar-refractivity contribution is 5.95. The zero-order chi connectivity index (χ0) is 25.3. The van der Waals surface area contributed by atoms with Crippen LogP contribution in [0.25, 0.3) is 11.0 Å². The smallest absolute Gasteiger partial charge is 0.410 e. The summed E-state index contributed by atoms with van der Waals surface area (Å²) < 4.78 is 37.0. The van der Waals surface area contributed by atoms with Crippen LogP contribution in [0.5, 0.6) is 0 Å². The van der Waals surface area contributed by atoms with Crippen molar-refractivity contribution >= 4 is 22.9 Å². The molecule has 0 atom stereocenters. The Bertz CT molecular complexity index is 1260. The molecule has 9 heteroatoms. The fourth-order valence-electron chi connectivity index (χ4n) is 4.41. The first-order valence-corrected chi connectivity index (χ1v) is 11.9. The van der Waals surface area contributed by atoms with Crippen molar-refractivity contribution in [3.63, 3.8) is 0 Å². The molecule has 1 aliphatic rings. The number of Topliss-reactive ketones (excluding diaryl/α,β-unsaturated/α-hetero) is 1. The van der Waals surface area contributed by atoms with E-state index < -0.39 is 17.2 Å². The van der Waals surface area contributed by atoms with E-state index in [9.17, 15) is 14.0 Å². The second-order valence-corrected chi connectivity index (χ2v) is 9.86. The molecule has 35 heavy (non-hydrogen) atoms. The lowest BCUT2D eigenvalue weighted by Crippen LogP contribution is -2.42. The molecule has 1 saturated heterocycles. The van der Waals surface area contributed by atoms with Crippen LogP contribution in [0.3, 0.4) is 0 Å². The third-order valence-electron chi connectivity index (χ3n) is 6.21. The van der Waals surface area contributed by atoms with E-state index in [0.29, 0.717) is 54.8 Å². The molecule has 0 N–H and O–H groups in total. The Kier molecular flexibility index (Phi) is 6.87. The van der Waals surface area contributed by atoms with Crippen LogP contribution in [0, 0.1) is 11.6 Å². The van der Waals surface area contributed by atoms with E-state index in [1.807, 2.05) is 20.8 Å². The van der Waals surface area contributed by atoms with Crippen LogP contribution in [0.2, 0.25) is 0 Å². The molecule has 0 unspecified atom stereocenters. The van der Waals surface area contributed by atoms with Gasteiger partial charge in [-0.3, -0.25) is 4.79 Å². The minimum absolute atomic E-state index is 0.0421. The SMILES string of the molecule is CCC(=O)c1ccc(Cc2ncnc3c2c(F)cn3C2CCN(C(=O)OC(C)(C)C)CC2)c(F)c1. The summed E-state index contributed by atoms with van der Waals surface area (Å²) in [6.45, 7) is 8.19. The molecule has 7 nitrogen and oxygen atoms in total. The first-order chi connectivity index (χ1) is 16.6. The van der Waals surface area contributed by atoms with Crippen LogP contribution in [0.15, 0.2) is 30.7 Å². The fraction of sp³-hybridized carbons (Fsp3) is 0.462. The van der Waals surface area contributed by atoms with Crippen molar-refractivity contribution in [3.8, 4) is 0 Å². The van der Waals surface area contributed by atoms with Crippen molar-refractivity contribution in [2.24, 2.45) is 0 Å². The average Bonchev–Trinajstić information content (AvgIpc) is 3.16. The van der Waals surface area contributed by atoms with Gasteiger partial charge in [-0.25, -0.2) is 23.5 Å². The number of ether oxygens (including phenoxy) is 1. The average molecular weight is 485 g/mol. The van der Waals surface area contributed by atoms with Gasteiger partial charge in [0.2, 0.25) is 0 Å². The number of benzene rings is 1. The van der Waals surface area contributed by atoms with Gasteiger partial charge in [0.25, 0.3) is 0 Å². The highest BCUT2D eigenvalue weighted by atomic mass is 19.1. The predicted octanol–water partition coefficient (Wildman–Crippen LogP) is 5.47. The Labute approximate surface area is 203 Å². The van der Waals surface area contributed by atoms with Crippen LogP contribution < -0.4 is 0 Å². The second kappa shape index (κ2) is 9.71. The first-order valence-electron chi connectivity index (χ1n) is 11.9. The zero-order valence-electron chi connectivity index (χ0n) is 20.5. The number of carbonyl (C=O) groups excluding carboxylic acids is 2. The van der Waals surface area contributed by atoms with E-state index in [1.54, 1.807) is 28.5 Å². The molecule has 0 spiro atoms. The van der Waals surface area contributed by atoms with Gasteiger partial charge in [0.1, 0.15) is 23.4 Å². The molecule has 0 bridgehead atoms. The van der Waals surface area contributed by atoms with E-state index in [0.717, 1.165) is 0 Å². The van der Waals surface area contributed by atoms with E-state index in [1.165, 1.54) is 18.6 Å². The summed E-state index contributed by atoms with van der Waals surface area (Å²) in [5.74, 6) is -1.13. The monoisotopic (exact) mass is 484 g/mol. The Morgan fingerprint density at radius 2 is 1.83 bits per heavy atom. The van der Waals surface area contributed by atoms with Gasteiger partial charge in [-0.2, -0.15) is 0 Å². The Hall–Kier alpha value is -3.36. The molecule has 3 heterocycles. The number of fused-ring (bicyclic) bond motifs is 1. The zero-order valence-corrected chi connectivity index (χ0v) is 20.5. The van der Waals surface area contributed by atoms with Gasteiger partial charge < -0.3 is 14.2 Å². The number of nitrogens with zero attached hydrogens (tertiary/aromatic N) is 4.